The van der Waals surface area contributed by atoms with Gasteiger partial charge in [-0.2, -0.15) is 11.8 Å². The lowest BCUT2D eigenvalue weighted by Gasteiger charge is -2.26. The molecule has 14 heavy (non-hydrogen) atoms. The number of hydrogen-bond acceptors (Lipinski definition) is 2. The highest BCUT2D eigenvalue weighted by molar-refractivity contribution is 7.99. The van der Waals surface area contributed by atoms with E-state index in [9.17, 15) is 0 Å². The minimum Gasteiger partial charge on any atom is -0.309 e. The Labute approximate surface area is 90.3 Å². The first-order valence-corrected chi connectivity index (χ1v) is 6.46. The van der Waals surface area contributed by atoms with Crippen molar-refractivity contribution in [2.75, 3.05) is 18.1 Å². The van der Waals surface area contributed by atoms with Crippen LogP contribution in [0.25, 0.3) is 0 Å². The van der Waals surface area contributed by atoms with E-state index in [-0.39, 0.29) is 0 Å². The molecule has 0 aliphatic carbocycles. The van der Waals surface area contributed by atoms with Gasteiger partial charge < -0.3 is 5.32 Å². The molecular formula is C12H17NS. The largest absolute Gasteiger partial charge is 0.309 e. The van der Waals surface area contributed by atoms with Gasteiger partial charge in [-0.15, -0.1) is 0 Å². The second-order valence-electron chi connectivity index (χ2n) is 3.61. The van der Waals surface area contributed by atoms with E-state index in [1.807, 2.05) is 11.8 Å². The molecule has 0 saturated carbocycles. The summed E-state index contributed by atoms with van der Waals surface area (Å²) in [6.07, 6.45) is 1.18. The SMILES string of the molecule is CCSCC1NCCc2ccccc21. The molecule has 1 aromatic rings. The highest BCUT2D eigenvalue weighted by Gasteiger charge is 2.18. The zero-order valence-corrected chi connectivity index (χ0v) is 9.44. The molecule has 1 aromatic carbocycles. The van der Waals surface area contributed by atoms with Crippen LogP contribution in [0, 0.1) is 0 Å². The van der Waals surface area contributed by atoms with E-state index in [0.717, 1.165) is 6.54 Å². The number of hydrogen-bond donors (Lipinski definition) is 1. The summed E-state index contributed by atoms with van der Waals surface area (Å²) in [7, 11) is 0. The first-order chi connectivity index (χ1) is 6.92. The molecular weight excluding hydrogens is 190 g/mol. The summed E-state index contributed by atoms with van der Waals surface area (Å²) in [5, 5.41) is 3.59. The molecule has 1 nitrogen and oxygen atoms in total. The summed E-state index contributed by atoms with van der Waals surface area (Å²) in [6, 6.07) is 9.40. The van der Waals surface area contributed by atoms with Gasteiger partial charge in [-0.05, 0) is 29.8 Å². The maximum Gasteiger partial charge on any atom is 0.0414 e. The van der Waals surface area contributed by atoms with Crippen LogP contribution in [0.3, 0.4) is 0 Å². The van der Waals surface area contributed by atoms with Crippen molar-refractivity contribution in [3.63, 3.8) is 0 Å². The van der Waals surface area contributed by atoms with E-state index in [1.54, 1.807) is 0 Å². The third-order valence-corrected chi connectivity index (χ3v) is 3.68. The van der Waals surface area contributed by atoms with Crippen LogP contribution in [0.2, 0.25) is 0 Å². The van der Waals surface area contributed by atoms with Gasteiger partial charge in [0.15, 0.2) is 0 Å². The van der Waals surface area contributed by atoms with Crippen LogP contribution in [0.1, 0.15) is 24.1 Å². The third kappa shape index (κ3) is 2.12. The second-order valence-corrected chi connectivity index (χ2v) is 4.93. The van der Waals surface area contributed by atoms with Crippen molar-refractivity contribution in [3.05, 3.63) is 35.4 Å². The van der Waals surface area contributed by atoms with Gasteiger partial charge in [0, 0.05) is 11.8 Å². The maximum absolute atomic E-state index is 3.59. The molecule has 1 N–H and O–H groups in total. The monoisotopic (exact) mass is 207 g/mol. The molecule has 0 bridgehead atoms. The molecule has 1 atom stereocenters. The van der Waals surface area contributed by atoms with Crippen LogP contribution in [0.5, 0.6) is 0 Å². The molecule has 1 aliphatic rings. The van der Waals surface area contributed by atoms with Crippen LogP contribution >= 0.6 is 11.8 Å². The first kappa shape index (κ1) is 10.1. The number of benzene rings is 1. The van der Waals surface area contributed by atoms with Gasteiger partial charge in [-0.1, -0.05) is 31.2 Å². The van der Waals surface area contributed by atoms with Crippen LogP contribution in [0.4, 0.5) is 0 Å². The van der Waals surface area contributed by atoms with Crippen LogP contribution in [0.15, 0.2) is 24.3 Å². The Kier molecular flexibility index (Phi) is 3.49. The highest BCUT2D eigenvalue weighted by atomic mass is 32.2. The molecule has 0 aromatic heterocycles. The molecule has 0 spiro atoms. The normalized spacial score (nSPS) is 20.5. The number of nitrogens with one attached hydrogen (secondary N) is 1. The molecule has 0 radical (unpaired) electrons. The van der Waals surface area contributed by atoms with E-state index < -0.39 is 0 Å². The fraction of sp³-hybridized carbons (Fsp3) is 0.500. The molecule has 0 amide bonds. The van der Waals surface area contributed by atoms with Crippen molar-refractivity contribution in [2.45, 2.75) is 19.4 Å². The van der Waals surface area contributed by atoms with Gasteiger partial charge in [-0.25, -0.2) is 0 Å². The Morgan fingerprint density at radius 2 is 2.29 bits per heavy atom. The fourth-order valence-electron chi connectivity index (χ4n) is 1.98. The van der Waals surface area contributed by atoms with Crippen LogP contribution < -0.4 is 5.32 Å². The first-order valence-electron chi connectivity index (χ1n) is 5.30. The zero-order valence-electron chi connectivity index (χ0n) is 8.62. The molecule has 2 rings (SSSR count). The van der Waals surface area contributed by atoms with Gasteiger partial charge in [0.05, 0.1) is 0 Å². The highest BCUT2D eigenvalue weighted by Crippen LogP contribution is 2.25. The van der Waals surface area contributed by atoms with Gasteiger partial charge in [0.2, 0.25) is 0 Å². The Morgan fingerprint density at radius 3 is 3.14 bits per heavy atom. The van der Waals surface area contributed by atoms with E-state index in [1.165, 1.54) is 29.1 Å². The maximum atomic E-state index is 3.59. The van der Waals surface area contributed by atoms with Crippen LogP contribution in [-0.2, 0) is 6.42 Å². The van der Waals surface area contributed by atoms with Crippen molar-refractivity contribution in [3.8, 4) is 0 Å². The van der Waals surface area contributed by atoms with E-state index in [2.05, 4.69) is 36.5 Å². The van der Waals surface area contributed by atoms with Crippen molar-refractivity contribution < 1.29 is 0 Å². The molecule has 1 heterocycles. The second kappa shape index (κ2) is 4.85. The third-order valence-electron chi connectivity index (χ3n) is 2.70. The summed E-state index contributed by atoms with van der Waals surface area (Å²) in [6.45, 7) is 3.35. The van der Waals surface area contributed by atoms with E-state index >= 15 is 0 Å². The smallest absolute Gasteiger partial charge is 0.0414 e. The summed E-state index contributed by atoms with van der Waals surface area (Å²) >= 11 is 2.02. The van der Waals surface area contributed by atoms with Crippen molar-refractivity contribution in [1.82, 2.24) is 5.32 Å². The summed E-state index contributed by atoms with van der Waals surface area (Å²) < 4.78 is 0. The summed E-state index contributed by atoms with van der Waals surface area (Å²) in [4.78, 5) is 0. The molecule has 0 saturated heterocycles. The van der Waals surface area contributed by atoms with Crippen molar-refractivity contribution in [1.29, 1.82) is 0 Å². The van der Waals surface area contributed by atoms with Gasteiger partial charge >= 0.3 is 0 Å². The Hall–Kier alpha value is -0.470. The molecule has 1 unspecified atom stereocenters. The van der Waals surface area contributed by atoms with Gasteiger partial charge in [0.1, 0.15) is 0 Å². The predicted molar refractivity (Wildman–Crippen MR) is 63.9 cm³/mol. The van der Waals surface area contributed by atoms with Crippen LogP contribution in [-0.4, -0.2) is 18.1 Å². The fourth-order valence-corrected chi connectivity index (χ4v) is 2.75. The molecule has 1 aliphatic heterocycles. The lowest BCUT2D eigenvalue weighted by atomic mass is 9.95. The number of thioether (sulfide) groups is 1. The summed E-state index contributed by atoms with van der Waals surface area (Å²) in [5.74, 6) is 2.41. The number of rotatable bonds is 3. The average molecular weight is 207 g/mol. The molecule has 2 heteroatoms. The molecule has 76 valence electrons. The van der Waals surface area contributed by atoms with E-state index in [4.69, 9.17) is 0 Å². The Bertz CT molecular complexity index is 298. The van der Waals surface area contributed by atoms with Crippen molar-refractivity contribution in [2.24, 2.45) is 0 Å². The lowest BCUT2D eigenvalue weighted by molar-refractivity contribution is 0.547. The molecule has 0 fully saturated rings. The van der Waals surface area contributed by atoms with Gasteiger partial charge in [0.25, 0.3) is 0 Å². The minimum absolute atomic E-state index is 0.574. The average Bonchev–Trinajstić information content (AvgIpc) is 2.26. The van der Waals surface area contributed by atoms with E-state index in [0.29, 0.717) is 6.04 Å². The summed E-state index contributed by atoms with van der Waals surface area (Å²) in [5.41, 5.74) is 3.05. The van der Waals surface area contributed by atoms with Gasteiger partial charge in [-0.3, -0.25) is 0 Å². The quantitative estimate of drug-likeness (QED) is 0.817. The Balaban J connectivity index is 2.14. The standard InChI is InChI=1S/C12H17NS/c1-2-14-9-12-11-6-4-3-5-10(11)7-8-13-12/h3-6,12-13H,2,7-9H2,1H3. The lowest BCUT2D eigenvalue weighted by Crippen LogP contribution is -2.31. The minimum atomic E-state index is 0.574. The topological polar surface area (TPSA) is 12.0 Å². The number of fused-ring (bicyclic) bond motifs is 1. The predicted octanol–water partition coefficient (Wildman–Crippen LogP) is 2.63. The van der Waals surface area contributed by atoms with Crippen molar-refractivity contribution >= 4 is 11.8 Å². The Morgan fingerprint density at radius 1 is 1.43 bits per heavy atom. The zero-order chi connectivity index (χ0) is 9.80.